The number of nitrogens with one attached hydrogen (secondary N) is 2. The quantitative estimate of drug-likeness (QED) is 0.719. The lowest BCUT2D eigenvalue weighted by Crippen LogP contribution is -2.48. The number of amides is 3. The van der Waals surface area contributed by atoms with Crippen LogP contribution in [0, 0.1) is 5.92 Å². The number of carbonyl (C=O) groups excluding carboxylic acids is 2. The van der Waals surface area contributed by atoms with Crippen LogP contribution in [0.4, 0.5) is 16.2 Å². The van der Waals surface area contributed by atoms with Gasteiger partial charge in [0.25, 0.3) is 0 Å². The summed E-state index contributed by atoms with van der Waals surface area (Å²) in [5.74, 6) is 0.303. The molecule has 6 nitrogen and oxygen atoms in total. The summed E-state index contributed by atoms with van der Waals surface area (Å²) >= 11 is 0. The number of rotatable bonds is 8. The van der Waals surface area contributed by atoms with Gasteiger partial charge in [-0.15, -0.1) is 0 Å². The Balaban J connectivity index is 3.25. The van der Waals surface area contributed by atoms with Gasteiger partial charge in [0.15, 0.2) is 0 Å². The second-order valence-electron chi connectivity index (χ2n) is 7.86. The summed E-state index contributed by atoms with van der Waals surface area (Å²) in [6.45, 7) is 12.5. The summed E-state index contributed by atoms with van der Waals surface area (Å²) in [6.07, 6.45) is 0.429. The van der Waals surface area contributed by atoms with E-state index in [0.717, 1.165) is 16.9 Å². The Morgan fingerprint density at radius 3 is 2.19 bits per heavy atom. The molecule has 0 saturated carbocycles. The predicted octanol–water partition coefficient (Wildman–Crippen LogP) is 4.07. The molecule has 0 aliphatic rings. The smallest absolute Gasteiger partial charge is 0.318 e. The average Bonchev–Trinajstić information content (AvgIpc) is 2.57. The molecule has 27 heavy (non-hydrogen) atoms. The first-order valence-electron chi connectivity index (χ1n) is 9.74. The molecule has 6 heteroatoms. The molecule has 0 radical (unpaired) electrons. The number of benzene rings is 1. The number of urea groups is 1. The molecule has 1 atom stereocenters. The first-order valence-corrected chi connectivity index (χ1v) is 9.74. The Labute approximate surface area is 164 Å². The van der Waals surface area contributed by atoms with E-state index in [1.165, 1.54) is 0 Å². The summed E-state index contributed by atoms with van der Waals surface area (Å²) in [5.41, 5.74) is 2.78. The Morgan fingerprint density at radius 2 is 1.70 bits per heavy atom. The molecule has 0 fully saturated rings. The Hall–Kier alpha value is -2.24. The van der Waals surface area contributed by atoms with Crippen LogP contribution in [0.2, 0.25) is 0 Å². The molecule has 152 valence electrons. The van der Waals surface area contributed by atoms with Crippen molar-refractivity contribution in [3.8, 4) is 0 Å². The topological polar surface area (TPSA) is 64.7 Å². The lowest BCUT2D eigenvalue weighted by Gasteiger charge is -2.34. The number of nitrogens with zero attached hydrogens (tertiary/aromatic N) is 2. The van der Waals surface area contributed by atoms with E-state index >= 15 is 0 Å². The molecule has 1 aromatic rings. The van der Waals surface area contributed by atoms with Crippen LogP contribution in [0.25, 0.3) is 0 Å². The van der Waals surface area contributed by atoms with Crippen molar-refractivity contribution < 1.29 is 9.59 Å². The number of hydrogen-bond donors (Lipinski definition) is 2. The molecule has 2 N–H and O–H groups in total. The van der Waals surface area contributed by atoms with E-state index in [0.29, 0.717) is 18.9 Å². The zero-order chi connectivity index (χ0) is 20.7. The summed E-state index contributed by atoms with van der Waals surface area (Å²) in [5, 5.41) is 5.92. The molecule has 0 saturated heterocycles. The van der Waals surface area contributed by atoms with Gasteiger partial charge in [0.1, 0.15) is 0 Å². The Morgan fingerprint density at radius 1 is 1.07 bits per heavy atom. The van der Waals surface area contributed by atoms with Crippen LogP contribution in [0.15, 0.2) is 18.2 Å². The third-order valence-electron chi connectivity index (χ3n) is 4.64. The van der Waals surface area contributed by atoms with Crippen molar-refractivity contribution >= 4 is 23.3 Å². The lowest BCUT2D eigenvalue weighted by molar-refractivity contribution is -0.115. The highest BCUT2D eigenvalue weighted by Crippen LogP contribution is 2.26. The van der Waals surface area contributed by atoms with E-state index in [9.17, 15) is 9.59 Å². The van der Waals surface area contributed by atoms with Gasteiger partial charge < -0.3 is 20.4 Å². The van der Waals surface area contributed by atoms with Crippen molar-refractivity contribution in [2.75, 3.05) is 24.3 Å². The fourth-order valence-electron chi connectivity index (χ4n) is 2.75. The molecular formula is C21H36N4O2. The van der Waals surface area contributed by atoms with Gasteiger partial charge in [-0.3, -0.25) is 4.79 Å². The average molecular weight is 377 g/mol. The van der Waals surface area contributed by atoms with Gasteiger partial charge in [-0.1, -0.05) is 20.8 Å². The minimum atomic E-state index is -0.0705. The maximum absolute atomic E-state index is 12.8. The van der Waals surface area contributed by atoms with E-state index < -0.39 is 0 Å². The SMILES string of the molecule is CCC(=O)Nc1ccc(N(C)C)c(CN(C(=O)NC(C)C)[C@H](C)C(C)C)c1. The van der Waals surface area contributed by atoms with Crippen molar-refractivity contribution in [1.29, 1.82) is 0 Å². The van der Waals surface area contributed by atoms with Gasteiger partial charge in [-0.25, -0.2) is 4.79 Å². The third-order valence-corrected chi connectivity index (χ3v) is 4.64. The minimum Gasteiger partial charge on any atom is -0.377 e. The first kappa shape index (κ1) is 22.8. The molecule has 0 heterocycles. The maximum atomic E-state index is 12.8. The van der Waals surface area contributed by atoms with E-state index in [1.54, 1.807) is 0 Å². The van der Waals surface area contributed by atoms with Crippen molar-refractivity contribution in [3.05, 3.63) is 23.8 Å². The molecular weight excluding hydrogens is 340 g/mol. The van der Waals surface area contributed by atoms with E-state index in [1.807, 2.05) is 62.9 Å². The van der Waals surface area contributed by atoms with Crippen LogP contribution in [0.5, 0.6) is 0 Å². The third kappa shape index (κ3) is 6.77. The molecule has 0 aliphatic heterocycles. The van der Waals surface area contributed by atoms with Gasteiger partial charge in [0, 0.05) is 50.5 Å². The van der Waals surface area contributed by atoms with Gasteiger partial charge in [0.05, 0.1) is 0 Å². The molecule has 1 rings (SSSR count). The number of carbonyl (C=O) groups is 2. The van der Waals surface area contributed by atoms with Crippen molar-refractivity contribution in [2.45, 2.75) is 66.6 Å². The standard InChI is InChI=1S/C21H36N4O2/c1-9-20(26)23-18-10-11-19(24(7)8)17(12-18)13-25(16(6)14(2)3)21(27)22-15(4)5/h10-12,14-16H,9,13H2,1-8H3,(H,22,27)(H,23,26)/t16-/m1/s1. The molecule has 0 aromatic heterocycles. The molecule has 0 spiro atoms. The minimum absolute atomic E-state index is 0.0245. The summed E-state index contributed by atoms with van der Waals surface area (Å²) < 4.78 is 0. The summed E-state index contributed by atoms with van der Waals surface area (Å²) in [4.78, 5) is 28.5. The zero-order valence-electron chi connectivity index (χ0n) is 18.1. The van der Waals surface area contributed by atoms with Gasteiger partial charge in [-0.2, -0.15) is 0 Å². The van der Waals surface area contributed by atoms with Crippen LogP contribution in [0.1, 0.15) is 53.5 Å². The second-order valence-corrected chi connectivity index (χ2v) is 7.86. The van der Waals surface area contributed by atoms with Gasteiger partial charge >= 0.3 is 6.03 Å². The normalized spacial score (nSPS) is 12.1. The maximum Gasteiger partial charge on any atom is 0.318 e. The highest BCUT2D eigenvalue weighted by atomic mass is 16.2. The van der Waals surface area contributed by atoms with Crippen molar-refractivity contribution in [1.82, 2.24) is 10.2 Å². The summed E-state index contributed by atoms with van der Waals surface area (Å²) in [6, 6.07) is 5.93. The molecule has 3 amide bonds. The van der Waals surface area contributed by atoms with E-state index in [-0.39, 0.29) is 24.0 Å². The highest BCUT2D eigenvalue weighted by molar-refractivity contribution is 5.91. The van der Waals surface area contributed by atoms with Gasteiger partial charge in [0.2, 0.25) is 5.91 Å². The Kier molecular flexibility index (Phi) is 8.60. The molecule has 0 bridgehead atoms. The second kappa shape index (κ2) is 10.2. The number of anilines is 2. The predicted molar refractivity (Wildman–Crippen MR) is 113 cm³/mol. The monoisotopic (exact) mass is 376 g/mol. The summed E-state index contributed by atoms with van der Waals surface area (Å²) in [7, 11) is 3.96. The van der Waals surface area contributed by atoms with Crippen molar-refractivity contribution in [3.63, 3.8) is 0 Å². The fraction of sp³-hybridized carbons (Fsp3) is 0.619. The zero-order valence-corrected chi connectivity index (χ0v) is 18.1. The largest absolute Gasteiger partial charge is 0.377 e. The van der Waals surface area contributed by atoms with Crippen LogP contribution in [-0.2, 0) is 11.3 Å². The highest BCUT2D eigenvalue weighted by Gasteiger charge is 2.24. The van der Waals surface area contributed by atoms with Crippen LogP contribution in [0.3, 0.4) is 0 Å². The van der Waals surface area contributed by atoms with Crippen LogP contribution in [-0.4, -0.2) is 43.0 Å². The van der Waals surface area contributed by atoms with E-state index in [4.69, 9.17) is 0 Å². The van der Waals surface area contributed by atoms with Crippen molar-refractivity contribution in [2.24, 2.45) is 5.92 Å². The van der Waals surface area contributed by atoms with Crippen LogP contribution >= 0.6 is 0 Å². The Bertz CT molecular complexity index is 641. The molecule has 1 aromatic carbocycles. The van der Waals surface area contributed by atoms with Crippen LogP contribution < -0.4 is 15.5 Å². The van der Waals surface area contributed by atoms with Gasteiger partial charge in [-0.05, 0) is 50.5 Å². The molecule has 0 unspecified atom stereocenters. The molecule has 0 aliphatic carbocycles. The van der Waals surface area contributed by atoms with E-state index in [2.05, 4.69) is 31.4 Å². The fourth-order valence-corrected chi connectivity index (χ4v) is 2.75. The first-order chi connectivity index (χ1) is 12.6. The lowest BCUT2D eigenvalue weighted by atomic mass is 10.0. The number of hydrogen-bond acceptors (Lipinski definition) is 3.